The van der Waals surface area contributed by atoms with Crippen LogP contribution in [0.3, 0.4) is 0 Å². The molecule has 16 heavy (non-hydrogen) atoms. The van der Waals surface area contributed by atoms with Gasteiger partial charge in [-0.25, -0.2) is 0 Å². The van der Waals surface area contributed by atoms with Crippen molar-refractivity contribution < 1.29 is 15.0 Å². The Morgan fingerprint density at radius 3 is 2.94 bits per heavy atom. The van der Waals surface area contributed by atoms with Crippen molar-refractivity contribution in [2.24, 2.45) is 5.92 Å². The van der Waals surface area contributed by atoms with Gasteiger partial charge in [-0.05, 0) is 24.1 Å². The number of H-pyrrole nitrogens is 1. The fourth-order valence-corrected chi connectivity index (χ4v) is 1.81. The second-order valence-electron chi connectivity index (χ2n) is 3.96. The van der Waals surface area contributed by atoms with E-state index in [4.69, 9.17) is 5.11 Å². The Bertz CT molecular complexity index is 530. The summed E-state index contributed by atoms with van der Waals surface area (Å²) in [6.45, 7) is 1.65. The number of carboxylic acid groups (broad SMARTS) is 1. The van der Waals surface area contributed by atoms with Gasteiger partial charge in [-0.15, -0.1) is 0 Å². The molecule has 2 aromatic rings. The van der Waals surface area contributed by atoms with Crippen molar-refractivity contribution in [1.82, 2.24) is 4.98 Å². The molecule has 2 rings (SSSR count). The lowest BCUT2D eigenvalue weighted by Crippen LogP contribution is -2.11. The number of carboxylic acids is 1. The van der Waals surface area contributed by atoms with Gasteiger partial charge in [0.05, 0.1) is 5.92 Å². The third kappa shape index (κ3) is 1.74. The summed E-state index contributed by atoms with van der Waals surface area (Å²) in [6, 6.07) is 5.20. The average Bonchev–Trinajstić information content (AvgIpc) is 2.63. The van der Waals surface area contributed by atoms with Crippen LogP contribution in [-0.2, 0) is 11.2 Å². The van der Waals surface area contributed by atoms with Crippen LogP contribution in [0.1, 0.15) is 12.5 Å². The van der Waals surface area contributed by atoms with E-state index in [2.05, 4.69) is 4.98 Å². The molecule has 0 aliphatic carbocycles. The van der Waals surface area contributed by atoms with Crippen LogP contribution in [0.5, 0.6) is 5.75 Å². The molecule has 0 saturated heterocycles. The number of aliphatic carboxylic acids is 1. The molecule has 1 aromatic heterocycles. The van der Waals surface area contributed by atoms with Crippen molar-refractivity contribution in [1.29, 1.82) is 0 Å². The maximum atomic E-state index is 10.8. The lowest BCUT2D eigenvalue weighted by atomic mass is 10.0. The molecule has 0 saturated carbocycles. The van der Waals surface area contributed by atoms with Crippen LogP contribution in [0.25, 0.3) is 10.9 Å². The predicted molar refractivity (Wildman–Crippen MR) is 60.5 cm³/mol. The minimum Gasteiger partial charge on any atom is -0.507 e. The van der Waals surface area contributed by atoms with E-state index < -0.39 is 11.9 Å². The molecule has 0 spiro atoms. The molecule has 3 N–H and O–H groups in total. The third-order valence-electron chi connectivity index (χ3n) is 2.71. The van der Waals surface area contributed by atoms with Gasteiger partial charge in [0.15, 0.2) is 0 Å². The number of rotatable bonds is 3. The summed E-state index contributed by atoms with van der Waals surface area (Å²) >= 11 is 0. The Balaban J connectivity index is 2.42. The van der Waals surface area contributed by atoms with Crippen LogP contribution in [0.15, 0.2) is 24.4 Å². The number of carbonyl (C=O) groups is 1. The van der Waals surface area contributed by atoms with Gasteiger partial charge >= 0.3 is 5.97 Å². The van der Waals surface area contributed by atoms with Crippen molar-refractivity contribution in [2.75, 3.05) is 0 Å². The Morgan fingerprint density at radius 1 is 1.50 bits per heavy atom. The molecule has 0 fully saturated rings. The maximum Gasteiger partial charge on any atom is 0.306 e. The molecule has 4 heteroatoms. The molecule has 4 nitrogen and oxygen atoms in total. The molecule has 0 bridgehead atoms. The molecular weight excluding hydrogens is 206 g/mol. The summed E-state index contributed by atoms with van der Waals surface area (Å²) in [5.41, 5.74) is 1.66. The van der Waals surface area contributed by atoms with Crippen LogP contribution in [0.4, 0.5) is 0 Å². The monoisotopic (exact) mass is 219 g/mol. The minimum absolute atomic E-state index is 0.186. The summed E-state index contributed by atoms with van der Waals surface area (Å²) in [4.78, 5) is 13.8. The number of aromatic nitrogens is 1. The summed E-state index contributed by atoms with van der Waals surface area (Å²) in [5, 5.41) is 19.3. The number of hydrogen-bond acceptors (Lipinski definition) is 2. The molecule has 1 unspecified atom stereocenters. The lowest BCUT2D eigenvalue weighted by molar-refractivity contribution is -0.141. The first kappa shape index (κ1) is 10.5. The standard InChI is InChI=1S/C12H13NO3/c1-7(12(15)16)5-8-6-13-9-3-2-4-10(14)11(8)9/h2-4,6-7,13-14H,5H2,1H3,(H,15,16). The summed E-state index contributed by atoms with van der Waals surface area (Å²) in [7, 11) is 0. The highest BCUT2D eigenvalue weighted by Gasteiger charge is 2.15. The molecule has 1 atom stereocenters. The third-order valence-corrected chi connectivity index (χ3v) is 2.71. The Hall–Kier alpha value is -1.97. The first-order valence-electron chi connectivity index (χ1n) is 5.10. The topological polar surface area (TPSA) is 73.3 Å². The maximum absolute atomic E-state index is 10.8. The quantitative estimate of drug-likeness (QED) is 0.740. The van der Waals surface area contributed by atoms with Gasteiger partial charge in [0.2, 0.25) is 0 Å². The number of benzene rings is 1. The van der Waals surface area contributed by atoms with Gasteiger partial charge in [0.25, 0.3) is 0 Å². The molecule has 0 aliphatic heterocycles. The fourth-order valence-electron chi connectivity index (χ4n) is 1.81. The van der Waals surface area contributed by atoms with E-state index in [1.807, 2.05) is 6.07 Å². The smallest absolute Gasteiger partial charge is 0.306 e. The second kappa shape index (κ2) is 3.89. The van der Waals surface area contributed by atoms with E-state index in [-0.39, 0.29) is 5.75 Å². The SMILES string of the molecule is CC(Cc1c[nH]c2cccc(O)c12)C(=O)O. The number of hydrogen-bond donors (Lipinski definition) is 3. The van der Waals surface area contributed by atoms with Crippen LogP contribution in [-0.4, -0.2) is 21.2 Å². The van der Waals surface area contributed by atoms with Crippen LogP contribution < -0.4 is 0 Å². The van der Waals surface area contributed by atoms with E-state index in [9.17, 15) is 9.90 Å². The molecule has 0 amide bonds. The first-order chi connectivity index (χ1) is 7.59. The van der Waals surface area contributed by atoms with Crippen LogP contribution in [0.2, 0.25) is 0 Å². The van der Waals surface area contributed by atoms with Crippen molar-refractivity contribution in [2.45, 2.75) is 13.3 Å². The Labute approximate surface area is 92.5 Å². The van der Waals surface area contributed by atoms with Crippen molar-refractivity contribution in [3.8, 4) is 5.75 Å². The van der Waals surface area contributed by atoms with E-state index in [0.717, 1.165) is 16.5 Å². The van der Waals surface area contributed by atoms with E-state index in [1.54, 1.807) is 25.3 Å². The summed E-state index contributed by atoms with van der Waals surface area (Å²) in [6.07, 6.45) is 2.16. The molecule has 84 valence electrons. The first-order valence-corrected chi connectivity index (χ1v) is 5.10. The van der Waals surface area contributed by atoms with Gasteiger partial charge in [-0.1, -0.05) is 13.0 Å². The largest absolute Gasteiger partial charge is 0.507 e. The summed E-state index contributed by atoms with van der Waals surface area (Å²) < 4.78 is 0. The molecule has 0 radical (unpaired) electrons. The fraction of sp³-hybridized carbons (Fsp3) is 0.250. The van der Waals surface area contributed by atoms with Gasteiger partial charge in [-0.3, -0.25) is 4.79 Å². The van der Waals surface area contributed by atoms with Gasteiger partial charge in [-0.2, -0.15) is 0 Å². The lowest BCUT2D eigenvalue weighted by Gasteiger charge is -2.05. The van der Waals surface area contributed by atoms with Crippen molar-refractivity contribution >= 4 is 16.9 Å². The van der Waals surface area contributed by atoms with Gasteiger partial charge < -0.3 is 15.2 Å². The number of aromatic amines is 1. The van der Waals surface area contributed by atoms with Crippen molar-refractivity contribution in [3.63, 3.8) is 0 Å². The normalized spacial score (nSPS) is 12.8. The van der Waals surface area contributed by atoms with Gasteiger partial charge in [0.1, 0.15) is 5.75 Å². The molecular formula is C12H13NO3. The highest BCUT2D eigenvalue weighted by molar-refractivity contribution is 5.89. The van der Waals surface area contributed by atoms with Crippen LogP contribution in [0, 0.1) is 5.92 Å². The number of fused-ring (bicyclic) bond motifs is 1. The van der Waals surface area contributed by atoms with E-state index in [0.29, 0.717) is 6.42 Å². The Kier molecular flexibility index (Phi) is 2.56. The van der Waals surface area contributed by atoms with E-state index >= 15 is 0 Å². The Morgan fingerprint density at radius 2 is 2.25 bits per heavy atom. The minimum atomic E-state index is -0.829. The number of nitrogens with one attached hydrogen (secondary N) is 1. The van der Waals surface area contributed by atoms with Crippen LogP contribution >= 0.6 is 0 Å². The molecule has 1 aromatic carbocycles. The highest BCUT2D eigenvalue weighted by atomic mass is 16.4. The summed E-state index contributed by atoms with van der Waals surface area (Å²) in [5.74, 6) is -1.10. The highest BCUT2D eigenvalue weighted by Crippen LogP contribution is 2.29. The van der Waals surface area contributed by atoms with Gasteiger partial charge in [0, 0.05) is 17.1 Å². The zero-order valence-corrected chi connectivity index (χ0v) is 8.90. The second-order valence-corrected chi connectivity index (χ2v) is 3.96. The number of aromatic hydroxyl groups is 1. The van der Waals surface area contributed by atoms with E-state index in [1.165, 1.54) is 0 Å². The molecule has 1 heterocycles. The molecule has 0 aliphatic rings. The average molecular weight is 219 g/mol. The number of phenolic OH excluding ortho intramolecular Hbond substituents is 1. The zero-order valence-electron chi connectivity index (χ0n) is 8.90. The van der Waals surface area contributed by atoms with Crippen molar-refractivity contribution in [3.05, 3.63) is 30.0 Å². The number of phenols is 1. The predicted octanol–water partition coefficient (Wildman–Crippen LogP) is 2.14. The zero-order chi connectivity index (χ0) is 11.7.